The fourth-order valence-corrected chi connectivity index (χ4v) is 3.35. The SMILES string of the molecule is Cc1ccc(-n2cccn2)c(-c2c(-c3ccccc3)ncn2C[C@H](C)O)c1. The molecule has 0 aliphatic carbocycles. The molecule has 2 aromatic heterocycles. The molecule has 5 nitrogen and oxygen atoms in total. The van der Waals surface area contributed by atoms with Crippen molar-refractivity contribution in [3.8, 4) is 28.2 Å². The van der Waals surface area contributed by atoms with E-state index in [9.17, 15) is 5.11 Å². The van der Waals surface area contributed by atoms with Crippen molar-refractivity contribution in [3.63, 3.8) is 0 Å². The lowest BCUT2D eigenvalue weighted by atomic mass is 10.0. The summed E-state index contributed by atoms with van der Waals surface area (Å²) in [6, 6.07) is 18.4. The van der Waals surface area contributed by atoms with Crippen LogP contribution in [0.5, 0.6) is 0 Å². The summed E-state index contributed by atoms with van der Waals surface area (Å²) in [5.41, 5.74) is 6.10. The molecule has 0 amide bonds. The van der Waals surface area contributed by atoms with Gasteiger partial charge in [0.05, 0.1) is 29.5 Å². The molecule has 0 aliphatic heterocycles. The van der Waals surface area contributed by atoms with Gasteiger partial charge >= 0.3 is 0 Å². The highest BCUT2D eigenvalue weighted by Gasteiger charge is 2.19. The Balaban J connectivity index is 1.98. The predicted octanol–water partition coefficient (Wildman–Crippen LogP) is 4.09. The van der Waals surface area contributed by atoms with Gasteiger partial charge in [-0.15, -0.1) is 0 Å². The van der Waals surface area contributed by atoms with E-state index in [0.717, 1.165) is 33.8 Å². The first-order chi connectivity index (χ1) is 13.1. The third-order valence-electron chi connectivity index (χ3n) is 4.50. The molecule has 0 saturated heterocycles. The number of aromatic nitrogens is 4. The van der Waals surface area contributed by atoms with E-state index in [-0.39, 0.29) is 0 Å². The number of aliphatic hydroxyl groups is 1. The van der Waals surface area contributed by atoms with Crippen molar-refractivity contribution in [3.05, 3.63) is 78.9 Å². The van der Waals surface area contributed by atoms with Crippen LogP contribution in [0.4, 0.5) is 0 Å². The van der Waals surface area contributed by atoms with Crippen LogP contribution >= 0.6 is 0 Å². The third-order valence-corrected chi connectivity index (χ3v) is 4.50. The third kappa shape index (κ3) is 3.41. The van der Waals surface area contributed by atoms with Crippen molar-refractivity contribution >= 4 is 0 Å². The highest BCUT2D eigenvalue weighted by atomic mass is 16.3. The van der Waals surface area contributed by atoms with E-state index < -0.39 is 6.10 Å². The average molecular weight is 358 g/mol. The van der Waals surface area contributed by atoms with Gasteiger partial charge in [-0.3, -0.25) is 0 Å². The van der Waals surface area contributed by atoms with Crippen LogP contribution in [-0.4, -0.2) is 30.5 Å². The second-order valence-electron chi connectivity index (χ2n) is 6.78. The highest BCUT2D eigenvalue weighted by Crippen LogP contribution is 2.35. The Morgan fingerprint density at radius 3 is 2.59 bits per heavy atom. The van der Waals surface area contributed by atoms with Gasteiger partial charge in [-0.05, 0) is 32.0 Å². The van der Waals surface area contributed by atoms with E-state index in [1.807, 2.05) is 39.7 Å². The van der Waals surface area contributed by atoms with Gasteiger partial charge in [0.25, 0.3) is 0 Å². The molecule has 1 N–H and O–H groups in total. The zero-order chi connectivity index (χ0) is 18.8. The Morgan fingerprint density at radius 2 is 1.89 bits per heavy atom. The minimum atomic E-state index is -0.473. The molecular weight excluding hydrogens is 336 g/mol. The van der Waals surface area contributed by atoms with Crippen molar-refractivity contribution in [1.29, 1.82) is 0 Å². The van der Waals surface area contributed by atoms with Crippen LogP contribution in [0, 0.1) is 6.92 Å². The fraction of sp³-hybridized carbons (Fsp3) is 0.182. The molecule has 0 spiro atoms. The molecule has 0 radical (unpaired) electrons. The van der Waals surface area contributed by atoms with Gasteiger partial charge in [0.1, 0.15) is 0 Å². The first-order valence-electron chi connectivity index (χ1n) is 9.03. The molecular formula is C22H22N4O. The molecule has 0 aliphatic rings. The van der Waals surface area contributed by atoms with E-state index in [1.54, 1.807) is 19.4 Å². The second kappa shape index (κ2) is 7.21. The number of benzene rings is 2. The van der Waals surface area contributed by atoms with Crippen LogP contribution < -0.4 is 0 Å². The first kappa shape index (κ1) is 17.2. The molecule has 0 unspecified atom stereocenters. The smallest absolute Gasteiger partial charge is 0.0964 e. The zero-order valence-corrected chi connectivity index (χ0v) is 15.4. The summed E-state index contributed by atoms with van der Waals surface area (Å²) in [7, 11) is 0. The maximum absolute atomic E-state index is 10.00. The van der Waals surface area contributed by atoms with Crippen molar-refractivity contribution in [1.82, 2.24) is 19.3 Å². The van der Waals surface area contributed by atoms with Gasteiger partial charge in [-0.1, -0.05) is 42.0 Å². The number of rotatable bonds is 5. The van der Waals surface area contributed by atoms with Gasteiger partial charge in [-0.25, -0.2) is 9.67 Å². The van der Waals surface area contributed by atoms with Crippen molar-refractivity contribution in [2.24, 2.45) is 0 Å². The van der Waals surface area contributed by atoms with Crippen LogP contribution in [0.15, 0.2) is 73.3 Å². The lowest BCUT2D eigenvalue weighted by Gasteiger charge is -2.16. The number of aliphatic hydroxyl groups excluding tert-OH is 1. The molecule has 4 rings (SSSR count). The van der Waals surface area contributed by atoms with E-state index in [2.05, 4.69) is 42.4 Å². The zero-order valence-electron chi connectivity index (χ0n) is 15.4. The molecule has 5 heteroatoms. The molecule has 0 saturated carbocycles. The van der Waals surface area contributed by atoms with Crippen LogP contribution in [0.1, 0.15) is 12.5 Å². The molecule has 27 heavy (non-hydrogen) atoms. The van der Waals surface area contributed by atoms with Crippen LogP contribution in [0.2, 0.25) is 0 Å². The minimum absolute atomic E-state index is 0.473. The highest BCUT2D eigenvalue weighted by molar-refractivity contribution is 5.83. The Morgan fingerprint density at radius 1 is 1.07 bits per heavy atom. The predicted molar refractivity (Wildman–Crippen MR) is 107 cm³/mol. The summed E-state index contributed by atoms with van der Waals surface area (Å²) < 4.78 is 3.89. The van der Waals surface area contributed by atoms with E-state index >= 15 is 0 Å². The topological polar surface area (TPSA) is 55.9 Å². The Bertz CT molecular complexity index is 1030. The summed E-state index contributed by atoms with van der Waals surface area (Å²) in [5.74, 6) is 0. The first-order valence-corrected chi connectivity index (χ1v) is 9.03. The molecule has 136 valence electrons. The molecule has 4 aromatic rings. The standard InChI is InChI=1S/C22H22N4O/c1-16-9-10-20(26-12-6-11-24-26)19(13-16)22-21(18-7-4-3-5-8-18)23-15-25(22)14-17(2)27/h3-13,15,17,27H,14H2,1-2H3/t17-/m0/s1. The Hall–Kier alpha value is -3.18. The second-order valence-corrected chi connectivity index (χ2v) is 6.78. The fourth-order valence-electron chi connectivity index (χ4n) is 3.35. The molecule has 1 atom stereocenters. The molecule has 2 aromatic carbocycles. The van der Waals surface area contributed by atoms with Gasteiger partial charge in [0.15, 0.2) is 0 Å². The summed E-state index contributed by atoms with van der Waals surface area (Å²) in [4.78, 5) is 4.69. The number of imidazole rings is 1. The maximum atomic E-state index is 10.00. The van der Waals surface area contributed by atoms with Gasteiger partial charge in [0.2, 0.25) is 0 Å². The summed E-state index contributed by atoms with van der Waals surface area (Å²) in [6.45, 7) is 4.34. The quantitative estimate of drug-likeness (QED) is 0.584. The molecule has 0 fully saturated rings. The van der Waals surface area contributed by atoms with E-state index in [0.29, 0.717) is 6.54 Å². The van der Waals surface area contributed by atoms with Crippen LogP contribution in [0.25, 0.3) is 28.2 Å². The monoisotopic (exact) mass is 358 g/mol. The number of hydrogen-bond donors (Lipinski definition) is 1. The van der Waals surface area contributed by atoms with Crippen molar-refractivity contribution < 1.29 is 5.11 Å². The molecule has 2 heterocycles. The van der Waals surface area contributed by atoms with Crippen molar-refractivity contribution in [2.45, 2.75) is 26.5 Å². The lowest BCUT2D eigenvalue weighted by molar-refractivity contribution is 0.174. The Kier molecular flexibility index (Phi) is 4.60. The normalized spacial score (nSPS) is 12.3. The summed E-state index contributed by atoms with van der Waals surface area (Å²) in [6.07, 6.45) is 5.04. The van der Waals surface area contributed by atoms with E-state index in [4.69, 9.17) is 4.98 Å². The number of aryl methyl sites for hydroxylation is 1. The summed E-state index contributed by atoms with van der Waals surface area (Å²) in [5, 5.41) is 14.4. The lowest BCUT2D eigenvalue weighted by Crippen LogP contribution is -2.12. The average Bonchev–Trinajstić information content (AvgIpc) is 3.32. The number of hydrogen-bond acceptors (Lipinski definition) is 3. The largest absolute Gasteiger partial charge is 0.392 e. The minimum Gasteiger partial charge on any atom is -0.392 e. The number of nitrogens with zero attached hydrogens (tertiary/aromatic N) is 4. The van der Waals surface area contributed by atoms with Crippen LogP contribution in [0.3, 0.4) is 0 Å². The maximum Gasteiger partial charge on any atom is 0.0964 e. The van der Waals surface area contributed by atoms with Gasteiger partial charge in [-0.2, -0.15) is 5.10 Å². The van der Waals surface area contributed by atoms with E-state index in [1.165, 1.54) is 0 Å². The van der Waals surface area contributed by atoms with Crippen molar-refractivity contribution in [2.75, 3.05) is 0 Å². The Labute approximate surface area is 158 Å². The molecule has 0 bridgehead atoms. The van der Waals surface area contributed by atoms with Gasteiger partial charge in [0, 0.05) is 30.1 Å². The van der Waals surface area contributed by atoms with Gasteiger partial charge < -0.3 is 9.67 Å². The summed E-state index contributed by atoms with van der Waals surface area (Å²) >= 11 is 0. The van der Waals surface area contributed by atoms with Crippen LogP contribution in [-0.2, 0) is 6.54 Å².